The quantitative estimate of drug-likeness (QED) is 0.829. The summed E-state index contributed by atoms with van der Waals surface area (Å²) in [5.41, 5.74) is 2.69. The van der Waals surface area contributed by atoms with Crippen LogP contribution < -0.4 is 10.1 Å². The van der Waals surface area contributed by atoms with Crippen LogP contribution in [0.5, 0.6) is 5.75 Å². The lowest BCUT2D eigenvalue weighted by Crippen LogP contribution is -2.26. The zero-order valence-corrected chi connectivity index (χ0v) is 12.0. The van der Waals surface area contributed by atoms with Gasteiger partial charge >= 0.3 is 0 Å². The second-order valence-corrected chi connectivity index (χ2v) is 5.12. The number of amides is 1. The minimum Gasteiger partial charge on any atom is -0.493 e. The number of aliphatic hydroxyl groups is 1. The van der Waals surface area contributed by atoms with Crippen molar-refractivity contribution in [1.29, 1.82) is 0 Å². The van der Waals surface area contributed by atoms with Gasteiger partial charge in [-0.15, -0.1) is 0 Å². The van der Waals surface area contributed by atoms with Gasteiger partial charge in [-0.3, -0.25) is 4.79 Å². The van der Waals surface area contributed by atoms with Crippen LogP contribution in [0, 0.1) is 0 Å². The highest BCUT2D eigenvalue weighted by molar-refractivity contribution is 5.91. The SMILES string of the molecule is O=C(C=Cc1ccoc1)NCC(O)c1ccc2c(c1)CCO2. The lowest BCUT2D eigenvalue weighted by atomic mass is 10.0. The fraction of sp³-hybridized carbons (Fsp3) is 0.235. The van der Waals surface area contributed by atoms with Crippen LogP contribution in [0.3, 0.4) is 0 Å². The Hall–Kier alpha value is -2.53. The molecule has 0 fully saturated rings. The highest BCUT2D eigenvalue weighted by Gasteiger charge is 2.15. The Morgan fingerprint density at radius 1 is 1.41 bits per heavy atom. The molecule has 22 heavy (non-hydrogen) atoms. The van der Waals surface area contributed by atoms with Gasteiger partial charge in [-0.25, -0.2) is 0 Å². The van der Waals surface area contributed by atoms with Crippen molar-refractivity contribution in [3.63, 3.8) is 0 Å². The number of nitrogens with one attached hydrogen (secondary N) is 1. The molecule has 2 aromatic rings. The smallest absolute Gasteiger partial charge is 0.244 e. The molecule has 1 aromatic carbocycles. The lowest BCUT2D eigenvalue weighted by molar-refractivity contribution is -0.116. The average Bonchev–Trinajstić information content (AvgIpc) is 3.20. The van der Waals surface area contributed by atoms with Crippen LogP contribution in [0.15, 0.2) is 47.3 Å². The van der Waals surface area contributed by atoms with Crippen LogP contribution in [0.2, 0.25) is 0 Å². The van der Waals surface area contributed by atoms with E-state index in [0.29, 0.717) is 6.61 Å². The van der Waals surface area contributed by atoms with Crippen LogP contribution in [0.4, 0.5) is 0 Å². The molecule has 1 aliphatic rings. The van der Waals surface area contributed by atoms with Crippen LogP contribution in [-0.2, 0) is 11.2 Å². The van der Waals surface area contributed by atoms with Crippen molar-refractivity contribution < 1.29 is 19.1 Å². The van der Waals surface area contributed by atoms with Crippen molar-refractivity contribution in [2.24, 2.45) is 0 Å². The molecule has 2 heterocycles. The van der Waals surface area contributed by atoms with E-state index in [-0.39, 0.29) is 12.5 Å². The summed E-state index contributed by atoms with van der Waals surface area (Å²) < 4.78 is 10.3. The molecular weight excluding hydrogens is 282 g/mol. The van der Waals surface area contributed by atoms with E-state index in [9.17, 15) is 9.90 Å². The van der Waals surface area contributed by atoms with Crippen LogP contribution in [0.1, 0.15) is 22.8 Å². The average molecular weight is 299 g/mol. The van der Waals surface area contributed by atoms with E-state index in [1.54, 1.807) is 24.7 Å². The van der Waals surface area contributed by atoms with Crippen molar-refractivity contribution >= 4 is 12.0 Å². The minimum atomic E-state index is -0.739. The van der Waals surface area contributed by atoms with Crippen molar-refractivity contribution in [2.45, 2.75) is 12.5 Å². The Kier molecular flexibility index (Phi) is 4.25. The van der Waals surface area contributed by atoms with Gasteiger partial charge in [0.05, 0.1) is 25.2 Å². The van der Waals surface area contributed by atoms with Crippen LogP contribution >= 0.6 is 0 Å². The summed E-state index contributed by atoms with van der Waals surface area (Å²) in [5, 5.41) is 12.8. The van der Waals surface area contributed by atoms with Gasteiger partial charge in [0, 0.05) is 24.6 Å². The number of carbonyl (C=O) groups is 1. The summed E-state index contributed by atoms with van der Waals surface area (Å²) in [6, 6.07) is 7.37. The highest BCUT2D eigenvalue weighted by atomic mass is 16.5. The Bertz CT molecular complexity index is 676. The first-order valence-electron chi connectivity index (χ1n) is 7.14. The van der Waals surface area contributed by atoms with Gasteiger partial charge in [-0.1, -0.05) is 6.07 Å². The molecule has 5 nitrogen and oxygen atoms in total. The van der Waals surface area contributed by atoms with Crippen molar-refractivity contribution in [1.82, 2.24) is 5.32 Å². The molecule has 0 saturated heterocycles. The monoisotopic (exact) mass is 299 g/mol. The van der Waals surface area contributed by atoms with E-state index < -0.39 is 6.10 Å². The fourth-order valence-electron chi connectivity index (χ4n) is 2.33. The number of ether oxygens (including phenoxy) is 1. The maximum atomic E-state index is 11.7. The molecule has 3 rings (SSSR count). The zero-order chi connectivity index (χ0) is 15.4. The summed E-state index contributed by atoms with van der Waals surface area (Å²) >= 11 is 0. The Morgan fingerprint density at radius 2 is 2.32 bits per heavy atom. The number of hydrogen-bond acceptors (Lipinski definition) is 4. The molecule has 0 radical (unpaired) electrons. The van der Waals surface area contributed by atoms with Gasteiger partial charge in [0.25, 0.3) is 0 Å². The van der Waals surface area contributed by atoms with Crippen molar-refractivity contribution in [2.75, 3.05) is 13.2 Å². The number of benzene rings is 1. The predicted molar refractivity (Wildman–Crippen MR) is 81.4 cm³/mol. The first-order chi connectivity index (χ1) is 10.7. The topological polar surface area (TPSA) is 71.7 Å². The number of aliphatic hydroxyl groups excluding tert-OH is 1. The maximum Gasteiger partial charge on any atom is 0.244 e. The molecule has 5 heteroatoms. The van der Waals surface area contributed by atoms with Crippen LogP contribution in [-0.4, -0.2) is 24.2 Å². The Morgan fingerprint density at radius 3 is 3.14 bits per heavy atom. The van der Waals surface area contributed by atoms with Gasteiger partial charge in [0.15, 0.2) is 0 Å². The predicted octanol–water partition coefficient (Wildman–Crippen LogP) is 2.08. The molecule has 0 bridgehead atoms. The number of furan rings is 1. The third-order valence-electron chi connectivity index (χ3n) is 3.54. The van der Waals surface area contributed by atoms with E-state index in [2.05, 4.69) is 5.32 Å². The number of carbonyl (C=O) groups excluding carboxylic acids is 1. The van der Waals surface area contributed by atoms with Gasteiger partial charge in [-0.2, -0.15) is 0 Å². The van der Waals surface area contributed by atoms with Crippen molar-refractivity contribution in [3.8, 4) is 5.75 Å². The normalized spacial score (nSPS) is 14.6. The standard InChI is InChI=1S/C17H17NO4/c19-15(13-2-3-16-14(9-13)6-8-22-16)10-18-17(20)4-1-12-5-7-21-11-12/h1-5,7,9,11,15,19H,6,8,10H2,(H,18,20). The van der Waals surface area contributed by atoms with Crippen molar-refractivity contribution in [3.05, 3.63) is 59.6 Å². The molecule has 0 aliphatic carbocycles. The summed E-state index contributed by atoms with van der Waals surface area (Å²) in [6.45, 7) is 0.846. The summed E-state index contributed by atoms with van der Waals surface area (Å²) in [6.07, 6.45) is 6.27. The van der Waals surface area contributed by atoms with Gasteiger partial charge in [-0.05, 0) is 35.4 Å². The van der Waals surface area contributed by atoms with Gasteiger partial charge in [0.1, 0.15) is 5.75 Å². The summed E-state index contributed by atoms with van der Waals surface area (Å²) in [4.78, 5) is 11.7. The second kappa shape index (κ2) is 6.49. The first kappa shape index (κ1) is 14.4. The molecular formula is C17H17NO4. The molecule has 1 aromatic heterocycles. The molecule has 0 spiro atoms. The molecule has 0 saturated carbocycles. The van der Waals surface area contributed by atoms with Gasteiger partial charge < -0.3 is 19.6 Å². The van der Waals surface area contributed by atoms with E-state index >= 15 is 0 Å². The first-order valence-corrected chi connectivity index (χ1v) is 7.14. The lowest BCUT2D eigenvalue weighted by Gasteiger charge is -2.12. The van der Waals surface area contributed by atoms with Crippen LogP contribution in [0.25, 0.3) is 6.08 Å². The maximum absolute atomic E-state index is 11.7. The second-order valence-electron chi connectivity index (χ2n) is 5.12. The van der Waals surface area contributed by atoms with Gasteiger partial charge in [0.2, 0.25) is 5.91 Å². The number of hydrogen-bond donors (Lipinski definition) is 2. The fourth-order valence-corrected chi connectivity index (χ4v) is 2.33. The molecule has 2 N–H and O–H groups in total. The molecule has 1 amide bonds. The van der Waals surface area contributed by atoms with E-state index in [0.717, 1.165) is 28.9 Å². The molecule has 1 unspecified atom stereocenters. The summed E-state index contributed by atoms with van der Waals surface area (Å²) in [7, 11) is 0. The number of fused-ring (bicyclic) bond motifs is 1. The molecule has 114 valence electrons. The zero-order valence-electron chi connectivity index (χ0n) is 12.0. The van der Waals surface area contributed by atoms with E-state index in [1.807, 2.05) is 18.2 Å². The molecule has 1 aliphatic heterocycles. The summed E-state index contributed by atoms with van der Waals surface area (Å²) in [5.74, 6) is 0.618. The highest BCUT2D eigenvalue weighted by Crippen LogP contribution is 2.27. The minimum absolute atomic E-state index is 0.161. The van der Waals surface area contributed by atoms with E-state index in [1.165, 1.54) is 6.08 Å². The third-order valence-corrected chi connectivity index (χ3v) is 3.54. The van der Waals surface area contributed by atoms with E-state index in [4.69, 9.17) is 9.15 Å². The third kappa shape index (κ3) is 3.38. The number of rotatable bonds is 5. The Labute approximate surface area is 128 Å². The molecule has 1 atom stereocenters. The Balaban J connectivity index is 1.53. The largest absolute Gasteiger partial charge is 0.493 e.